The minimum Gasteiger partial charge on any atom is -0.506 e. The SMILES string of the molecule is O=S(=O)(O)c1[c]cc(Cl)c(O)c1. The third-order valence-corrected chi connectivity index (χ3v) is 2.23. The summed E-state index contributed by atoms with van der Waals surface area (Å²) in [5.74, 6) is -0.414. The van der Waals surface area contributed by atoms with Crippen LogP contribution in [0.5, 0.6) is 5.75 Å². The Labute approximate surface area is 74.2 Å². The van der Waals surface area contributed by atoms with E-state index in [4.69, 9.17) is 21.3 Å². The summed E-state index contributed by atoms with van der Waals surface area (Å²) < 4.78 is 29.4. The molecule has 0 aromatic heterocycles. The molecule has 0 aliphatic heterocycles. The van der Waals surface area contributed by atoms with Crippen molar-refractivity contribution in [3.8, 4) is 5.75 Å². The van der Waals surface area contributed by atoms with Gasteiger partial charge in [0, 0.05) is 12.1 Å². The van der Waals surface area contributed by atoms with Gasteiger partial charge < -0.3 is 5.11 Å². The van der Waals surface area contributed by atoms with Crippen LogP contribution in [0, 0.1) is 6.07 Å². The predicted molar refractivity (Wildman–Crippen MR) is 41.8 cm³/mol. The predicted octanol–water partition coefficient (Wildman–Crippen LogP) is 1.09. The van der Waals surface area contributed by atoms with Crippen LogP contribution in [0.2, 0.25) is 5.02 Å². The van der Waals surface area contributed by atoms with Gasteiger partial charge in [-0.05, 0) is 6.07 Å². The lowest BCUT2D eigenvalue weighted by molar-refractivity contribution is 0.466. The molecule has 1 rings (SSSR count). The van der Waals surface area contributed by atoms with Gasteiger partial charge in [-0.25, -0.2) is 0 Å². The number of aromatic hydroxyl groups is 1. The molecule has 6 heteroatoms. The van der Waals surface area contributed by atoms with Gasteiger partial charge in [-0.15, -0.1) is 0 Å². The molecule has 0 bridgehead atoms. The summed E-state index contributed by atoms with van der Waals surface area (Å²) >= 11 is 5.37. The average Bonchev–Trinajstić information content (AvgIpc) is 1.92. The summed E-state index contributed by atoms with van der Waals surface area (Å²) in [6.07, 6.45) is 0. The van der Waals surface area contributed by atoms with Crippen molar-refractivity contribution in [1.82, 2.24) is 0 Å². The summed E-state index contributed by atoms with van der Waals surface area (Å²) in [7, 11) is -4.32. The maximum atomic E-state index is 10.5. The number of hydrogen-bond donors (Lipinski definition) is 2. The van der Waals surface area contributed by atoms with E-state index in [1.165, 1.54) is 0 Å². The summed E-state index contributed by atoms with van der Waals surface area (Å²) in [4.78, 5) is -0.510. The molecule has 4 nitrogen and oxygen atoms in total. The highest BCUT2D eigenvalue weighted by atomic mass is 35.5. The van der Waals surface area contributed by atoms with E-state index in [9.17, 15) is 8.42 Å². The number of hydrogen-bond acceptors (Lipinski definition) is 3. The zero-order valence-corrected chi connectivity index (χ0v) is 7.22. The number of phenolic OH excluding ortho intramolecular Hbond substituents is 1. The molecule has 0 atom stereocenters. The number of benzene rings is 1. The number of rotatable bonds is 1. The van der Waals surface area contributed by atoms with Crippen molar-refractivity contribution in [3.05, 3.63) is 23.2 Å². The molecule has 0 fully saturated rings. The summed E-state index contributed by atoms with van der Waals surface area (Å²) in [5, 5.41) is 8.91. The van der Waals surface area contributed by atoms with E-state index in [1.807, 2.05) is 0 Å². The minimum absolute atomic E-state index is 0.0256. The Morgan fingerprint density at radius 3 is 2.50 bits per heavy atom. The fourth-order valence-electron chi connectivity index (χ4n) is 0.592. The van der Waals surface area contributed by atoms with Crippen molar-refractivity contribution in [2.24, 2.45) is 0 Å². The van der Waals surface area contributed by atoms with Crippen molar-refractivity contribution in [1.29, 1.82) is 0 Å². The van der Waals surface area contributed by atoms with Crippen LogP contribution < -0.4 is 0 Å². The van der Waals surface area contributed by atoms with E-state index in [0.29, 0.717) is 0 Å². The lowest BCUT2D eigenvalue weighted by Gasteiger charge is -1.98. The molecule has 0 aliphatic rings. The zero-order valence-electron chi connectivity index (χ0n) is 5.65. The molecule has 12 heavy (non-hydrogen) atoms. The molecule has 1 radical (unpaired) electrons. The largest absolute Gasteiger partial charge is 0.506 e. The van der Waals surface area contributed by atoms with E-state index in [1.54, 1.807) is 0 Å². The summed E-state index contributed by atoms with van der Waals surface area (Å²) in [6.45, 7) is 0. The van der Waals surface area contributed by atoms with Gasteiger partial charge in [-0.3, -0.25) is 4.55 Å². The fraction of sp³-hybridized carbons (Fsp3) is 0. The van der Waals surface area contributed by atoms with Crippen LogP contribution in [0.4, 0.5) is 0 Å². The molecule has 1 aromatic rings. The van der Waals surface area contributed by atoms with Crippen LogP contribution in [-0.2, 0) is 10.1 Å². The van der Waals surface area contributed by atoms with Crippen molar-refractivity contribution in [2.45, 2.75) is 4.90 Å². The molecule has 0 saturated heterocycles. The average molecular weight is 208 g/mol. The fourth-order valence-corrected chi connectivity index (χ4v) is 1.17. The second-order valence-electron chi connectivity index (χ2n) is 2.01. The first kappa shape index (κ1) is 9.31. The van der Waals surface area contributed by atoms with Crippen LogP contribution in [0.3, 0.4) is 0 Å². The Bertz CT molecular complexity index is 398. The van der Waals surface area contributed by atoms with Crippen molar-refractivity contribution in [3.63, 3.8) is 0 Å². The van der Waals surface area contributed by atoms with Crippen LogP contribution in [0.25, 0.3) is 0 Å². The van der Waals surface area contributed by atoms with Crippen molar-refractivity contribution < 1.29 is 18.1 Å². The van der Waals surface area contributed by atoms with Gasteiger partial charge in [-0.1, -0.05) is 11.6 Å². The monoisotopic (exact) mass is 207 g/mol. The highest BCUT2D eigenvalue weighted by Crippen LogP contribution is 2.25. The van der Waals surface area contributed by atoms with Gasteiger partial charge in [0.05, 0.1) is 5.02 Å². The van der Waals surface area contributed by atoms with E-state index < -0.39 is 20.8 Å². The Balaban J connectivity index is 3.33. The van der Waals surface area contributed by atoms with Gasteiger partial charge in [0.15, 0.2) is 0 Å². The van der Waals surface area contributed by atoms with Gasteiger partial charge in [0.25, 0.3) is 10.1 Å². The van der Waals surface area contributed by atoms with E-state index >= 15 is 0 Å². The molecule has 0 aliphatic carbocycles. The summed E-state index contributed by atoms with van der Waals surface area (Å²) in [6, 6.07) is 4.06. The summed E-state index contributed by atoms with van der Waals surface area (Å²) in [5.41, 5.74) is 0. The molecule has 2 N–H and O–H groups in total. The highest BCUT2D eigenvalue weighted by Gasteiger charge is 2.11. The number of phenols is 1. The molecule has 0 heterocycles. The van der Waals surface area contributed by atoms with E-state index in [0.717, 1.165) is 12.1 Å². The number of halogens is 1. The van der Waals surface area contributed by atoms with Crippen molar-refractivity contribution >= 4 is 21.7 Å². The molecular weight excluding hydrogens is 204 g/mol. The van der Waals surface area contributed by atoms with Gasteiger partial charge in [0.1, 0.15) is 10.6 Å². The third-order valence-electron chi connectivity index (χ3n) is 1.13. The second-order valence-corrected chi connectivity index (χ2v) is 3.80. The smallest absolute Gasteiger partial charge is 0.295 e. The Hall–Kier alpha value is -0.780. The molecular formula is C6H4ClO4S. The maximum absolute atomic E-state index is 10.5. The van der Waals surface area contributed by atoms with Gasteiger partial charge in [-0.2, -0.15) is 8.42 Å². The zero-order chi connectivity index (χ0) is 9.35. The Morgan fingerprint density at radius 1 is 1.50 bits per heavy atom. The third kappa shape index (κ3) is 1.88. The Morgan fingerprint density at radius 2 is 2.08 bits per heavy atom. The molecule has 0 amide bonds. The van der Waals surface area contributed by atoms with Gasteiger partial charge in [0.2, 0.25) is 0 Å². The van der Waals surface area contributed by atoms with Gasteiger partial charge >= 0.3 is 0 Å². The molecule has 0 spiro atoms. The molecule has 1 aromatic carbocycles. The van der Waals surface area contributed by atoms with E-state index in [-0.39, 0.29) is 5.02 Å². The van der Waals surface area contributed by atoms with Crippen LogP contribution in [0.1, 0.15) is 0 Å². The molecule has 0 unspecified atom stereocenters. The first-order chi connectivity index (χ1) is 5.41. The van der Waals surface area contributed by atoms with Crippen LogP contribution >= 0.6 is 11.6 Å². The molecule has 0 saturated carbocycles. The standard InChI is InChI=1S/C6H4ClO4S/c7-5-2-1-4(3-6(5)8)12(9,10)11/h2-3,8H,(H,9,10,11). The Kier molecular flexibility index (Phi) is 2.27. The van der Waals surface area contributed by atoms with Crippen molar-refractivity contribution in [2.75, 3.05) is 0 Å². The first-order valence-corrected chi connectivity index (χ1v) is 4.61. The lowest BCUT2D eigenvalue weighted by Crippen LogP contribution is -1.97. The molecule has 65 valence electrons. The second kappa shape index (κ2) is 2.93. The first-order valence-electron chi connectivity index (χ1n) is 2.79. The minimum atomic E-state index is -4.32. The van der Waals surface area contributed by atoms with Crippen LogP contribution in [-0.4, -0.2) is 18.1 Å². The quantitative estimate of drug-likeness (QED) is 0.676. The highest BCUT2D eigenvalue weighted by molar-refractivity contribution is 7.85. The normalized spacial score (nSPS) is 11.5. The van der Waals surface area contributed by atoms with Crippen LogP contribution in [0.15, 0.2) is 17.0 Å². The maximum Gasteiger partial charge on any atom is 0.295 e. The lowest BCUT2D eigenvalue weighted by atomic mass is 10.3. The topological polar surface area (TPSA) is 74.6 Å². The van der Waals surface area contributed by atoms with E-state index in [2.05, 4.69) is 6.07 Å².